The Kier molecular flexibility index (Phi) is 4.90. The molecule has 0 bridgehead atoms. The summed E-state index contributed by atoms with van der Waals surface area (Å²) in [6.07, 6.45) is 3.52. The fourth-order valence-corrected chi connectivity index (χ4v) is 3.57. The van der Waals surface area contributed by atoms with E-state index in [1.165, 1.54) is 15.9 Å². The van der Waals surface area contributed by atoms with Crippen LogP contribution in [0.3, 0.4) is 0 Å². The van der Waals surface area contributed by atoms with Crippen molar-refractivity contribution in [3.63, 3.8) is 0 Å². The highest BCUT2D eigenvalue weighted by Crippen LogP contribution is 2.20. The standard InChI is InChI=1S/C21H17N3O3S/c1-3-12-27-17-10-6-15(7-11-17)19-22-21-24(23-19)20(25)18(28-21)13-14-4-8-16(26-2)9-5-14/h3-11,13H,1,12H2,2H3. The van der Waals surface area contributed by atoms with E-state index in [-0.39, 0.29) is 5.56 Å². The highest BCUT2D eigenvalue weighted by molar-refractivity contribution is 7.15. The summed E-state index contributed by atoms with van der Waals surface area (Å²) in [6, 6.07) is 14.9. The molecule has 0 spiro atoms. The van der Waals surface area contributed by atoms with E-state index in [4.69, 9.17) is 9.47 Å². The van der Waals surface area contributed by atoms with Crippen LogP contribution in [0.25, 0.3) is 22.4 Å². The maximum Gasteiger partial charge on any atom is 0.291 e. The van der Waals surface area contributed by atoms with E-state index >= 15 is 0 Å². The first kappa shape index (κ1) is 17.9. The minimum absolute atomic E-state index is 0.180. The second kappa shape index (κ2) is 7.66. The topological polar surface area (TPSA) is 65.7 Å². The van der Waals surface area contributed by atoms with Crippen LogP contribution >= 0.6 is 11.3 Å². The lowest BCUT2D eigenvalue weighted by Gasteiger charge is -2.02. The van der Waals surface area contributed by atoms with Crippen molar-refractivity contribution in [2.24, 2.45) is 0 Å². The molecule has 0 saturated heterocycles. The Morgan fingerprint density at radius 2 is 1.82 bits per heavy atom. The Morgan fingerprint density at radius 3 is 2.46 bits per heavy atom. The van der Waals surface area contributed by atoms with Gasteiger partial charge < -0.3 is 9.47 Å². The number of methoxy groups -OCH3 is 1. The van der Waals surface area contributed by atoms with E-state index < -0.39 is 0 Å². The van der Waals surface area contributed by atoms with Gasteiger partial charge in [0, 0.05) is 5.56 Å². The maximum absolute atomic E-state index is 12.7. The van der Waals surface area contributed by atoms with Crippen molar-refractivity contribution in [2.75, 3.05) is 13.7 Å². The molecule has 0 aliphatic rings. The number of aromatic nitrogens is 3. The molecule has 0 unspecified atom stereocenters. The van der Waals surface area contributed by atoms with Crippen molar-refractivity contribution in [1.82, 2.24) is 14.6 Å². The predicted molar refractivity (Wildman–Crippen MR) is 110 cm³/mol. The van der Waals surface area contributed by atoms with Gasteiger partial charge in [0.2, 0.25) is 4.96 Å². The van der Waals surface area contributed by atoms with Crippen LogP contribution < -0.4 is 19.6 Å². The zero-order valence-electron chi connectivity index (χ0n) is 15.2. The average Bonchev–Trinajstić information content (AvgIpc) is 3.27. The first-order valence-electron chi connectivity index (χ1n) is 8.57. The second-order valence-corrected chi connectivity index (χ2v) is 6.95. The fourth-order valence-electron chi connectivity index (χ4n) is 2.66. The van der Waals surface area contributed by atoms with E-state index in [0.29, 0.717) is 21.9 Å². The molecule has 2 aromatic carbocycles. The van der Waals surface area contributed by atoms with Crippen LogP contribution in [-0.4, -0.2) is 28.3 Å². The van der Waals surface area contributed by atoms with E-state index in [9.17, 15) is 4.79 Å². The number of benzene rings is 2. The quantitative estimate of drug-likeness (QED) is 0.473. The molecule has 7 heteroatoms. The molecule has 2 heterocycles. The number of thiazole rings is 1. The molecule has 4 rings (SSSR count). The van der Waals surface area contributed by atoms with Crippen molar-refractivity contribution in [3.05, 3.63) is 81.6 Å². The number of nitrogens with zero attached hydrogens (tertiary/aromatic N) is 3. The van der Waals surface area contributed by atoms with Gasteiger partial charge in [-0.25, -0.2) is 0 Å². The highest BCUT2D eigenvalue weighted by Gasteiger charge is 2.12. The van der Waals surface area contributed by atoms with Crippen molar-refractivity contribution in [3.8, 4) is 22.9 Å². The Morgan fingerprint density at radius 1 is 1.11 bits per heavy atom. The summed E-state index contributed by atoms with van der Waals surface area (Å²) in [5.41, 5.74) is 1.56. The van der Waals surface area contributed by atoms with Crippen molar-refractivity contribution in [1.29, 1.82) is 0 Å². The van der Waals surface area contributed by atoms with Gasteiger partial charge in [0.25, 0.3) is 5.56 Å². The molecule has 0 saturated carbocycles. The van der Waals surface area contributed by atoms with Gasteiger partial charge in [-0.05, 0) is 48.0 Å². The summed E-state index contributed by atoms with van der Waals surface area (Å²) in [5.74, 6) is 2.02. The maximum atomic E-state index is 12.7. The number of ether oxygens (including phenoxy) is 2. The minimum Gasteiger partial charge on any atom is -0.497 e. The van der Waals surface area contributed by atoms with Crippen LogP contribution in [0, 0.1) is 0 Å². The molecule has 4 aromatic rings. The SMILES string of the molecule is C=CCOc1ccc(-c2nc3sc(=Cc4ccc(OC)cc4)c(=O)n3n2)cc1. The van der Waals surface area contributed by atoms with Crippen molar-refractivity contribution < 1.29 is 9.47 Å². The number of hydrogen-bond donors (Lipinski definition) is 0. The molecule has 0 fully saturated rings. The molecular weight excluding hydrogens is 374 g/mol. The van der Waals surface area contributed by atoms with Gasteiger partial charge >= 0.3 is 0 Å². The lowest BCUT2D eigenvalue weighted by atomic mass is 10.2. The van der Waals surface area contributed by atoms with Crippen molar-refractivity contribution >= 4 is 22.4 Å². The third-order valence-corrected chi connectivity index (χ3v) is 5.03. The van der Waals surface area contributed by atoms with Gasteiger partial charge in [0.15, 0.2) is 5.82 Å². The van der Waals surface area contributed by atoms with Crippen LogP contribution in [-0.2, 0) is 0 Å². The minimum atomic E-state index is -0.180. The molecule has 2 aromatic heterocycles. The summed E-state index contributed by atoms with van der Waals surface area (Å²) in [5, 5.41) is 4.37. The third kappa shape index (κ3) is 3.52. The molecule has 0 aliphatic heterocycles. The highest BCUT2D eigenvalue weighted by atomic mass is 32.1. The summed E-state index contributed by atoms with van der Waals surface area (Å²) < 4.78 is 12.6. The van der Waals surface area contributed by atoms with Gasteiger partial charge in [-0.15, -0.1) is 5.10 Å². The lowest BCUT2D eigenvalue weighted by molar-refractivity contribution is 0.363. The Bertz CT molecular complexity index is 1230. The van der Waals surface area contributed by atoms with E-state index in [2.05, 4.69) is 16.7 Å². The lowest BCUT2D eigenvalue weighted by Crippen LogP contribution is -2.23. The smallest absolute Gasteiger partial charge is 0.291 e. The number of fused-ring (bicyclic) bond motifs is 1. The van der Waals surface area contributed by atoms with Gasteiger partial charge in [0.1, 0.15) is 18.1 Å². The van der Waals surface area contributed by atoms with Gasteiger partial charge in [-0.1, -0.05) is 36.1 Å². The summed E-state index contributed by atoms with van der Waals surface area (Å²) in [4.78, 5) is 17.7. The molecule has 0 aliphatic carbocycles. The summed E-state index contributed by atoms with van der Waals surface area (Å²) >= 11 is 1.31. The Labute approximate surface area is 165 Å². The van der Waals surface area contributed by atoms with Gasteiger partial charge in [-0.2, -0.15) is 9.50 Å². The molecular formula is C21H17N3O3S. The largest absolute Gasteiger partial charge is 0.497 e. The van der Waals surface area contributed by atoms with Crippen LogP contribution in [0.1, 0.15) is 5.56 Å². The number of rotatable bonds is 6. The molecule has 0 N–H and O–H groups in total. The molecule has 0 radical (unpaired) electrons. The van der Waals surface area contributed by atoms with E-state index in [1.54, 1.807) is 13.2 Å². The van der Waals surface area contributed by atoms with Crippen LogP contribution in [0.4, 0.5) is 0 Å². The Hall–Kier alpha value is -3.45. The normalized spacial score (nSPS) is 11.7. The van der Waals surface area contributed by atoms with Crippen molar-refractivity contribution in [2.45, 2.75) is 0 Å². The average molecular weight is 391 g/mol. The number of hydrogen-bond acceptors (Lipinski definition) is 6. The first-order valence-corrected chi connectivity index (χ1v) is 9.39. The van der Waals surface area contributed by atoms with Gasteiger partial charge in [0.05, 0.1) is 11.6 Å². The molecule has 0 atom stereocenters. The molecule has 140 valence electrons. The fraction of sp³-hybridized carbons (Fsp3) is 0.0952. The molecule has 0 amide bonds. The zero-order chi connectivity index (χ0) is 19.5. The third-order valence-electron chi connectivity index (χ3n) is 4.08. The van der Waals surface area contributed by atoms with Gasteiger partial charge in [-0.3, -0.25) is 4.79 Å². The summed E-state index contributed by atoms with van der Waals surface area (Å²) in [7, 11) is 1.62. The van der Waals surface area contributed by atoms with E-state index in [0.717, 1.165) is 22.6 Å². The monoisotopic (exact) mass is 391 g/mol. The van der Waals surface area contributed by atoms with E-state index in [1.807, 2.05) is 54.6 Å². The van der Waals surface area contributed by atoms with Crippen LogP contribution in [0.5, 0.6) is 11.5 Å². The summed E-state index contributed by atoms with van der Waals surface area (Å²) in [6.45, 7) is 4.07. The Balaban J connectivity index is 1.65. The predicted octanol–water partition coefficient (Wildman–Crippen LogP) is 2.94. The van der Waals surface area contributed by atoms with Crippen LogP contribution in [0.2, 0.25) is 0 Å². The zero-order valence-corrected chi connectivity index (χ0v) is 16.0. The first-order chi connectivity index (χ1) is 13.7. The molecule has 28 heavy (non-hydrogen) atoms. The van der Waals surface area contributed by atoms with Crippen LogP contribution in [0.15, 0.2) is 66.0 Å². The molecule has 6 nitrogen and oxygen atoms in total. The second-order valence-electron chi connectivity index (χ2n) is 5.94.